The van der Waals surface area contributed by atoms with Crippen LogP contribution >= 0.6 is 0 Å². The van der Waals surface area contributed by atoms with Crippen LogP contribution in [0.15, 0.2) is 48.6 Å². The SMILES string of the molecule is C=C(C)C(=O)OCC(CO)C1CCC(c2ccc3cc(CCCCC)ccc3c2)CC1. The van der Waals surface area contributed by atoms with Crippen LogP contribution in [0.4, 0.5) is 0 Å². The van der Waals surface area contributed by atoms with Gasteiger partial charge in [0.2, 0.25) is 0 Å². The van der Waals surface area contributed by atoms with Gasteiger partial charge in [0.05, 0.1) is 6.61 Å². The number of rotatable bonds is 10. The van der Waals surface area contributed by atoms with Gasteiger partial charge in [0.15, 0.2) is 0 Å². The molecule has 3 rings (SSSR count). The highest BCUT2D eigenvalue weighted by Crippen LogP contribution is 2.39. The van der Waals surface area contributed by atoms with Crippen molar-refractivity contribution in [3.05, 3.63) is 59.7 Å². The van der Waals surface area contributed by atoms with Crippen molar-refractivity contribution in [3.63, 3.8) is 0 Å². The maximum Gasteiger partial charge on any atom is 0.333 e. The lowest BCUT2D eigenvalue weighted by Gasteiger charge is -2.33. The molecule has 1 atom stereocenters. The third-order valence-corrected chi connectivity index (χ3v) is 6.92. The Bertz CT molecular complexity index is 877. The molecule has 1 aliphatic carbocycles. The molecule has 0 heterocycles. The summed E-state index contributed by atoms with van der Waals surface area (Å²) in [6, 6.07) is 13.9. The molecule has 1 unspecified atom stereocenters. The van der Waals surface area contributed by atoms with Gasteiger partial charge in [0, 0.05) is 18.1 Å². The van der Waals surface area contributed by atoms with Crippen LogP contribution in [-0.4, -0.2) is 24.3 Å². The fourth-order valence-corrected chi connectivity index (χ4v) is 4.87. The number of fused-ring (bicyclic) bond motifs is 1. The van der Waals surface area contributed by atoms with Crippen LogP contribution in [0.3, 0.4) is 0 Å². The molecule has 0 aliphatic heterocycles. The summed E-state index contributed by atoms with van der Waals surface area (Å²) in [5, 5.41) is 12.5. The second-order valence-electron chi connectivity index (χ2n) is 9.33. The van der Waals surface area contributed by atoms with Crippen molar-refractivity contribution in [2.45, 2.75) is 71.1 Å². The summed E-state index contributed by atoms with van der Waals surface area (Å²) in [6.45, 7) is 7.87. The number of carbonyl (C=O) groups excluding carboxylic acids is 1. The number of hydrogen-bond acceptors (Lipinski definition) is 3. The smallest absolute Gasteiger partial charge is 0.333 e. The van der Waals surface area contributed by atoms with E-state index in [1.165, 1.54) is 47.6 Å². The maximum absolute atomic E-state index is 11.7. The van der Waals surface area contributed by atoms with Crippen LogP contribution in [-0.2, 0) is 16.0 Å². The lowest BCUT2D eigenvalue weighted by atomic mass is 9.74. The van der Waals surface area contributed by atoms with Gasteiger partial charge in [0.1, 0.15) is 0 Å². The Labute approximate surface area is 187 Å². The first-order chi connectivity index (χ1) is 15.0. The fraction of sp³-hybridized carbons (Fsp3) is 0.536. The number of hydrogen-bond donors (Lipinski definition) is 1. The van der Waals surface area contributed by atoms with Gasteiger partial charge in [-0.1, -0.05) is 62.7 Å². The molecule has 0 amide bonds. The number of aliphatic hydroxyl groups is 1. The average Bonchev–Trinajstić information content (AvgIpc) is 2.79. The van der Waals surface area contributed by atoms with Crippen molar-refractivity contribution in [1.82, 2.24) is 0 Å². The quantitative estimate of drug-likeness (QED) is 0.267. The molecular formula is C28H38O3. The molecule has 1 aliphatic rings. The summed E-state index contributed by atoms with van der Waals surface area (Å²) in [4.78, 5) is 11.7. The monoisotopic (exact) mass is 422 g/mol. The Morgan fingerprint density at radius 3 is 2.48 bits per heavy atom. The van der Waals surface area contributed by atoms with E-state index in [-0.39, 0.29) is 25.1 Å². The van der Waals surface area contributed by atoms with Crippen LogP contribution in [0.5, 0.6) is 0 Å². The lowest BCUT2D eigenvalue weighted by molar-refractivity contribution is -0.141. The van der Waals surface area contributed by atoms with Crippen LogP contribution in [0.1, 0.15) is 75.8 Å². The molecule has 31 heavy (non-hydrogen) atoms. The van der Waals surface area contributed by atoms with Crippen molar-refractivity contribution in [2.24, 2.45) is 11.8 Å². The molecule has 0 saturated heterocycles. The first-order valence-electron chi connectivity index (χ1n) is 12.0. The number of benzene rings is 2. The van der Waals surface area contributed by atoms with Crippen molar-refractivity contribution >= 4 is 16.7 Å². The first kappa shape index (κ1) is 23.5. The molecule has 2 aromatic carbocycles. The van der Waals surface area contributed by atoms with E-state index in [1.54, 1.807) is 6.92 Å². The summed E-state index contributed by atoms with van der Waals surface area (Å²) in [5.41, 5.74) is 3.28. The molecule has 1 saturated carbocycles. The normalized spacial score (nSPS) is 19.8. The summed E-state index contributed by atoms with van der Waals surface area (Å²) >= 11 is 0. The second-order valence-corrected chi connectivity index (χ2v) is 9.33. The Hall–Kier alpha value is -2.13. The van der Waals surface area contributed by atoms with Crippen LogP contribution < -0.4 is 0 Å². The minimum atomic E-state index is -0.364. The summed E-state index contributed by atoms with van der Waals surface area (Å²) < 4.78 is 5.31. The van der Waals surface area contributed by atoms with Crippen LogP contribution in [0.25, 0.3) is 10.8 Å². The highest BCUT2D eigenvalue weighted by molar-refractivity contribution is 5.87. The number of carbonyl (C=O) groups is 1. The number of aliphatic hydroxyl groups excluding tert-OH is 1. The van der Waals surface area contributed by atoms with Gasteiger partial charge in [-0.05, 0) is 79.2 Å². The fourth-order valence-electron chi connectivity index (χ4n) is 4.87. The average molecular weight is 423 g/mol. The third kappa shape index (κ3) is 6.43. The van der Waals surface area contributed by atoms with E-state index < -0.39 is 0 Å². The molecule has 3 heteroatoms. The zero-order valence-corrected chi connectivity index (χ0v) is 19.2. The molecule has 3 nitrogen and oxygen atoms in total. The topological polar surface area (TPSA) is 46.5 Å². The minimum absolute atomic E-state index is 0.0204. The summed E-state index contributed by atoms with van der Waals surface area (Å²) in [7, 11) is 0. The molecule has 1 N–H and O–H groups in total. The molecule has 2 aromatic rings. The van der Waals surface area contributed by atoms with E-state index in [1.807, 2.05) is 0 Å². The zero-order valence-electron chi connectivity index (χ0n) is 19.2. The van der Waals surface area contributed by atoms with Crippen molar-refractivity contribution < 1.29 is 14.6 Å². The van der Waals surface area contributed by atoms with E-state index in [0.717, 1.165) is 25.7 Å². The highest BCUT2D eigenvalue weighted by Gasteiger charge is 2.29. The molecule has 0 spiro atoms. The van der Waals surface area contributed by atoms with Crippen LogP contribution in [0.2, 0.25) is 0 Å². The van der Waals surface area contributed by atoms with Crippen molar-refractivity contribution in [3.8, 4) is 0 Å². The van der Waals surface area contributed by atoms with Crippen LogP contribution in [0, 0.1) is 11.8 Å². The van der Waals surface area contributed by atoms with E-state index >= 15 is 0 Å². The Morgan fingerprint density at radius 2 is 1.81 bits per heavy atom. The summed E-state index contributed by atoms with van der Waals surface area (Å²) in [5.74, 6) is 0.635. The highest BCUT2D eigenvalue weighted by atomic mass is 16.5. The first-order valence-corrected chi connectivity index (χ1v) is 12.0. The molecule has 168 valence electrons. The third-order valence-electron chi connectivity index (χ3n) is 6.92. The van der Waals surface area contributed by atoms with Gasteiger partial charge < -0.3 is 9.84 Å². The number of ether oxygens (including phenoxy) is 1. The number of aryl methyl sites for hydroxylation is 1. The van der Waals surface area contributed by atoms with E-state index in [9.17, 15) is 9.90 Å². The molecule has 0 aromatic heterocycles. The maximum atomic E-state index is 11.7. The van der Waals surface area contributed by atoms with Gasteiger partial charge >= 0.3 is 5.97 Å². The minimum Gasteiger partial charge on any atom is -0.462 e. The van der Waals surface area contributed by atoms with E-state index in [4.69, 9.17) is 4.74 Å². The van der Waals surface area contributed by atoms with Gasteiger partial charge in [-0.2, -0.15) is 0 Å². The zero-order chi connectivity index (χ0) is 22.2. The predicted molar refractivity (Wildman–Crippen MR) is 128 cm³/mol. The molecule has 0 bridgehead atoms. The van der Waals surface area contributed by atoms with Gasteiger partial charge in [0.25, 0.3) is 0 Å². The molecular weight excluding hydrogens is 384 g/mol. The standard InChI is InChI=1S/C28H38O3/c1-4-5-6-7-21-8-9-26-17-25(15-14-24(26)16-21)22-10-12-23(13-11-22)27(18-29)19-31-28(30)20(2)3/h8-9,14-17,22-23,27,29H,2,4-7,10-13,18-19H2,1,3H3. The largest absolute Gasteiger partial charge is 0.462 e. The van der Waals surface area contributed by atoms with Crippen molar-refractivity contribution in [1.29, 1.82) is 0 Å². The van der Waals surface area contributed by atoms with Gasteiger partial charge in [-0.25, -0.2) is 4.79 Å². The summed E-state index contributed by atoms with van der Waals surface area (Å²) in [6.07, 6.45) is 9.37. The van der Waals surface area contributed by atoms with Gasteiger partial charge in [-0.3, -0.25) is 0 Å². The van der Waals surface area contributed by atoms with E-state index in [0.29, 0.717) is 17.4 Å². The van der Waals surface area contributed by atoms with Crippen molar-refractivity contribution in [2.75, 3.05) is 13.2 Å². The Balaban J connectivity index is 1.57. The molecule has 0 radical (unpaired) electrons. The Morgan fingerprint density at radius 1 is 1.10 bits per heavy atom. The lowest BCUT2D eigenvalue weighted by Crippen LogP contribution is -2.28. The molecule has 1 fully saturated rings. The predicted octanol–water partition coefficient (Wildman–Crippen LogP) is 6.57. The second kappa shape index (κ2) is 11.5. The number of esters is 1. The number of unbranched alkanes of at least 4 members (excludes halogenated alkanes) is 2. The van der Waals surface area contributed by atoms with Gasteiger partial charge in [-0.15, -0.1) is 0 Å². The van der Waals surface area contributed by atoms with E-state index in [2.05, 4.69) is 49.9 Å². The Kier molecular flexibility index (Phi) is 8.71.